The number of carbonyl (C=O) groups excluding carboxylic acids is 1. The molecule has 0 spiro atoms. The Morgan fingerprint density at radius 1 is 1.42 bits per heavy atom. The smallest absolute Gasteiger partial charge is 0.348 e. The van der Waals surface area contributed by atoms with Crippen molar-refractivity contribution in [2.24, 2.45) is 0 Å². The fourth-order valence-electron chi connectivity index (χ4n) is 1.47. The summed E-state index contributed by atoms with van der Waals surface area (Å²) in [6.45, 7) is 1.98. The van der Waals surface area contributed by atoms with E-state index >= 15 is 0 Å². The summed E-state index contributed by atoms with van der Waals surface area (Å²) in [5.41, 5.74) is 0.0291. The number of rotatable bonds is 4. The third kappa shape index (κ3) is 3.31. The van der Waals surface area contributed by atoms with Crippen LogP contribution in [0, 0.1) is 11.3 Å². The number of hydrogen-bond acceptors (Lipinski definition) is 5. The number of ether oxygens (including phenoxy) is 1. The monoisotopic (exact) mass is 289 g/mol. The Bertz CT molecular complexity index is 633. The summed E-state index contributed by atoms with van der Waals surface area (Å²) in [4.78, 5) is 14.7. The van der Waals surface area contributed by atoms with Crippen LogP contribution in [0.25, 0.3) is 15.8 Å². The van der Waals surface area contributed by atoms with Gasteiger partial charge in [-0.1, -0.05) is 6.07 Å². The molecule has 2 aromatic rings. The van der Waals surface area contributed by atoms with Crippen molar-refractivity contribution in [2.45, 2.75) is 6.92 Å². The largest absolute Gasteiger partial charge is 0.462 e. The molecule has 0 fully saturated rings. The van der Waals surface area contributed by atoms with E-state index in [4.69, 9.17) is 10.00 Å². The highest BCUT2D eigenvalue weighted by molar-refractivity contribution is 7.21. The summed E-state index contributed by atoms with van der Waals surface area (Å²) >= 11 is 3.21. The first kappa shape index (κ1) is 13.5. The van der Waals surface area contributed by atoms with Gasteiger partial charge in [-0.2, -0.15) is 5.26 Å². The highest BCUT2D eigenvalue weighted by atomic mass is 32.1. The van der Waals surface area contributed by atoms with E-state index in [0.717, 1.165) is 9.75 Å². The van der Waals surface area contributed by atoms with Gasteiger partial charge in [0.25, 0.3) is 0 Å². The SMILES string of the molecule is CCOC(=O)/C(C#N)=C/c1ccc(-c2cccs2)s1. The quantitative estimate of drug-likeness (QED) is 0.486. The maximum Gasteiger partial charge on any atom is 0.348 e. The van der Waals surface area contributed by atoms with Crippen molar-refractivity contribution in [2.75, 3.05) is 6.61 Å². The number of thiophene rings is 2. The molecule has 0 aliphatic heterocycles. The van der Waals surface area contributed by atoms with Crippen molar-refractivity contribution in [3.8, 4) is 15.8 Å². The molecule has 2 heterocycles. The van der Waals surface area contributed by atoms with E-state index in [2.05, 4.69) is 0 Å². The highest BCUT2D eigenvalue weighted by Crippen LogP contribution is 2.32. The Morgan fingerprint density at radius 3 is 2.89 bits per heavy atom. The zero-order chi connectivity index (χ0) is 13.7. The topological polar surface area (TPSA) is 50.1 Å². The van der Waals surface area contributed by atoms with Crippen LogP contribution in [0.2, 0.25) is 0 Å². The van der Waals surface area contributed by atoms with Crippen molar-refractivity contribution in [1.82, 2.24) is 0 Å². The molecule has 0 unspecified atom stereocenters. The van der Waals surface area contributed by atoms with Gasteiger partial charge in [0, 0.05) is 14.6 Å². The Labute approximate surface area is 119 Å². The molecule has 19 heavy (non-hydrogen) atoms. The predicted molar refractivity (Wildman–Crippen MR) is 77.9 cm³/mol. The lowest BCUT2D eigenvalue weighted by atomic mass is 10.2. The fourth-order valence-corrected chi connectivity index (χ4v) is 3.26. The number of nitrogens with zero attached hydrogens (tertiary/aromatic N) is 1. The van der Waals surface area contributed by atoms with Crippen LogP contribution in [0.1, 0.15) is 11.8 Å². The molecule has 0 aliphatic carbocycles. The fraction of sp³-hybridized carbons (Fsp3) is 0.143. The van der Waals surface area contributed by atoms with Crippen LogP contribution < -0.4 is 0 Å². The van der Waals surface area contributed by atoms with E-state index in [-0.39, 0.29) is 12.2 Å². The van der Waals surface area contributed by atoms with Gasteiger partial charge in [-0.25, -0.2) is 4.79 Å². The van der Waals surface area contributed by atoms with E-state index in [0.29, 0.717) is 0 Å². The molecule has 0 radical (unpaired) electrons. The van der Waals surface area contributed by atoms with Gasteiger partial charge in [0.2, 0.25) is 0 Å². The van der Waals surface area contributed by atoms with Crippen LogP contribution in [0.5, 0.6) is 0 Å². The van der Waals surface area contributed by atoms with Crippen molar-refractivity contribution in [3.63, 3.8) is 0 Å². The zero-order valence-corrected chi connectivity index (χ0v) is 11.9. The van der Waals surface area contributed by atoms with E-state index in [9.17, 15) is 4.79 Å². The standard InChI is InChI=1S/C14H11NO2S2/c1-2-17-14(16)10(9-15)8-11-5-6-13(19-11)12-4-3-7-18-12/h3-8H,2H2,1H3/b10-8+. The average molecular weight is 289 g/mol. The first-order valence-corrected chi connectivity index (χ1v) is 7.37. The first-order valence-electron chi connectivity index (χ1n) is 5.67. The maximum atomic E-state index is 11.5. The zero-order valence-electron chi connectivity index (χ0n) is 10.3. The van der Waals surface area contributed by atoms with Gasteiger partial charge in [0.05, 0.1) is 6.61 Å². The molecule has 5 heteroatoms. The van der Waals surface area contributed by atoms with E-state index < -0.39 is 5.97 Å². The molecule has 2 rings (SSSR count). The maximum absolute atomic E-state index is 11.5. The predicted octanol–water partition coefficient (Wildman–Crippen LogP) is 3.95. The number of esters is 1. The summed E-state index contributed by atoms with van der Waals surface area (Å²) in [6.07, 6.45) is 1.57. The van der Waals surface area contributed by atoms with E-state index in [1.807, 2.05) is 35.7 Å². The number of nitriles is 1. The minimum Gasteiger partial charge on any atom is -0.462 e. The molecule has 0 bridgehead atoms. The van der Waals surface area contributed by atoms with Crippen LogP contribution in [0.3, 0.4) is 0 Å². The van der Waals surface area contributed by atoms with Gasteiger partial charge in [-0.15, -0.1) is 22.7 Å². The van der Waals surface area contributed by atoms with Crippen LogP contribution in [-0.4, -0.2) is 12.6 Å². The second kappa shape index (κ2) is 6.32. The summed E-state index contributed by atoms with van der Waals surface area (Å²) in [5, 5.41) is 11.0. The lowest BCUT2D eigenvalue weighted by Crippen LogP contribution is -2.05. The van der Waals surface area contributed by atoms with E-state index in [1.165, 1.54) is 4.88 Å². The molecule has 96 valence electrons. The summed E-state index contributed by atoms with van der Waals surface area (Å²) in [5.74, 6) is -0.573. The molecule has 2 aromatic heterocycles. The van der Waals surface area contributed by atoms with Gasteiger partial charge in [-0.3, -0.25) is 0 Å². The van der Waals surface area contributed by atoms with Crippen molar-refractivity contribution in [3.05, 3.63) is 40.1 Å². The number of hydrogen-bond donors (Lipinski definition) is 0. The van der Waals surface area contributed by atoms with Gasteiger partial charge in [0.1, 0.15) is 11.6 Å². The first-order chi connectivity index (χ1) is 9.24. The normalized spacial score (nSPS) is 11.1. The van der Waals surface area contributed by atoms with E-state index in [1.54, 1.807) is 35.7 Å². The van der Waals surface area contributed by atoms with Gasteiger partial charge in [-0.05, 0) is 36.6 Å². The third-order valence-corrected chi connectivity index (χ3v) is 4.39. The molecule has 0 aliphatic rings. The Balaban J connectivity index is 2.23. The molecule has 3 nitrogen and oxygen atoms in total. The Morgan fingerprint density at radius 2 is 2.26 bits per heavy atom. The molecule has 0 aromatic carbocycles. The highest BCUT2D eigenvalue weighted by Gasteiger charge is 2.11. The second-order valence-corrected chi connectivity index (χ2v) is 5.63. The second-order valence-electron chi connectivity index (χ2n) is 3.57. The van der Waals surface area contributed by atoms with Crippen LogP contribution in [0.4, 0.5) is 0 Å². The summed E-state index contributed by atoms with van der Waals surface area (Å²) in [7, 11) is 0. The van der Waals surface area contributed by atoms with Crippen LogP contribution in [-0.2, 0) is 9.53 Å². The molecular formula is C14H11NO2S2. The van der Waals surface area contributed by atoms with Crippen molar-refractivity contribution < 1.29 is 9.53 Å². The number of carbonyl (C=O) groups is 1. The Hall–Kier alpha value is -1.90. The summed E-state index contributed by atoms with van der Waals surface area (Å²) < 4.78 is 4.82. The molecule has 0 N–H and O–H groups in total. The Kier molecular flexibility index (Phi) is 4.50. The minimum absolute atomic E-state index is 0.0291. The van der Waals surface area contributed by atoms with Gasteiger partial charge in [0.15, 0.2) is 0 Å². The molecule has 0 saturated heterocycles. The summed E-state index contributed by atoms with van der Waals surface area (Å²) in [6, 6.07) is 9.80. The van der Waals surface area contributed by atoms with Crippen LogP contribution in [0.15, 0.2) is 35.2 Å². The van der Waals surface area contributed by atoms with Gasteiger partial charge < -0.3 is 4.74 Å². The lowest BCUT2D eigenvalue weighted by molar-refractivity contribution is -0.137. The molecule has 0 atom stereocenters. The minimum atomic E-state index is -0.573. The molecule has 0 amide bonds. The average Bonchev–Trinajstić information content (AvgIpc) is 3.06. The van der Waals surface area contributed by atoms with Crippen molar-refractivity contribution in [1.29, 1.82) is 5.26 Å². The van der Waals surface area contributed by atoms with Gasteiger partial charge >= 0.3 is 5.97 Å². The lowest BCUT2D eigenvalue weighted by Gasteiger charge is -1.98. The third-order valence-electron chi connectivity index (χ3n) is 2.29. The molecule has 0 saturated carbocycles. The van der Waals surface area contributed by atoms with Crippen LogP contribution >= 0.6 is 22.7 Å². The molecular weight excluding hydrogens is 278 g/mol. The van der Waals surface area contributed by atoms with Crippen molar-refractivity contribution >= 4 is 34.7 Å².